The summed E-state index contributed by atoms with van der Waals surface area (Å²) in [7, 11) is 3.27. The SMILES string of the molecule is CCC(C)N1C(N)=NCC1c1cc(OC)c(OC)cc1Br. The van der Waals surface area contributed by atoms with E-state index >= 15 is 0 Å². The monoisotopic (exact) mass is 355 g/mol. The Hall–Kier alpha value is -1.43. The molecule has 1 aromatic rings. The van der Waals surface area contributed by atoms with Gasteiger partial charge in [0.15, 0.2) is 17.5 Å². The van der Waals surface area contributed by atoms with Gasteiger partial charge in [-0.2, -0.15) is 0 Å². The molecule has 0 aromatic heterocycles. The van der Waals surface area contributed by atoms with E-state index in [1.807, 2.05) is 12.1 Å². The minimum Gasteiger partial charge on any atom is -0.493 e. The molecule has 0 amide bonds. The number of guanidine groups is 1. The van der Waals surface area contributed by atoms with Gasteiger partial charge >= 0.3 is 0 Å². The van der Waals surface area contributed by atoms with Crippen LogP contribution in [0.25, 0.3) is 0 Å². The molecule has 1 aliphatic heterocycles. The molecule has 2 atom stereocenters. The first kappa shape index (κ1) is 15.9. The third-order valence-electron chi connectivity index (χ3n) is 3.95. The Kier molecular flexibility index (Phi) is 4.98. The van der Waals surface area contributed by atoms with Gasteiger partial charge in [-0.3, -0.25) is 4.99 Å². The van der Waals surface area contributed by atoms with Crippen LogP contribution >= 0.6 is 15.9 Å². The first-order valence-corrected chi connectivity index (χ1v) is 7.82. The summed E-state index contributed by atoms with van der Waals surface area (Å²) in [5.74, 6) is 2.02. The zero-order valence-corrected chi connectivity index (χ0v) is 14.5. The third kappa shape index (κ3) is 2.95. The maximum Gasteiger partial charge on any atom is 0.192 e. The molecule has 0 saturated carbocycles. The fourth-order valence-electron chi connectivity index (χ4n) is 2.61. The van der Waals surface area contributed by atoms with E-state index in [0.29, 0.717) is 30.0 Å². The van der Waals surface area contributed by atoms with E-state index in [2.05, 4.69) is 39.7 Å². The van der Waals surface area contributed by atoms with Crippen molar-refractivity contribution in [3.63, 3.8) is 0 Å². The number of aliphatic imine (C=N–C) groups is 1. The van der Waals surface area contributed by atoms with Gasteiger partial charge in [0.1, 0.15) is 0 Å². The number of halogens is 1. The molecule has 0 radical (unpaired) electrons. The van der Waals surface area contributed by atoms with Crippen LogP contribution in [0.5, 0.6) is 11.5 Å². The Morgan fingerprint density at radius 3 is 2.57 bits per heavy atom. The normalized spacial score (nSPS) is 19.4. The van der Waals surface area contributed by atoms with Crippen LogP contribution in [0.3, 0.4) is 0 Å². The Morgan fingerprint density at radius 2 is 2.00 bits per heavy atom. The standard InChI is InChI=1S/C15H22BrN3O2/c1-5-9(2)19-12(8-18-15(19)17)10-6-13(20-3)14(21-4)7-11(10)16/h6-7,9,12H,5,8H2,1-4H3,(H2,17,18). The summed E-state index contributed by atoms with van der Waals surface area (Å²) in [6, 6.07) is 4.38. The van der Waals surface area contributed by atoms with Crippen LogP contribution in [0.15, 0.2) is 21.6 Å². The van der Waals surface area contributed by atoms with Gasteiger partial charge in [-0.1, -0.05) is 22.9 Å². The van der Waals surface area contributed by atoms with E-state index in [9.17, 15) is 0 Å². The highest BCUT2D eigenvalue weighted by molar-refractivity contribution is 9.10. The van der Waals surface area contributed by atoms with Crippen molar-refractivity contribution in [1.29, 1.82) is 0 Å². The maximum absolute atomic E-state index is 6.06. The molecule has 2 unspecified atom stereocenters. The van der Waals surface area contributed by atoms with E-state index < -0.39 is 0 Å². The molecule has 5 nitrogen and oxygen atoms in total. The largest absolute Gasteiger partial charge is 0.493 e. The minimum atomic E-state index is 0.120. The van der Waals surface area contributed by atoms with Crippen molar-refractivity contribution in [3.8, 4) is 11.5 Å². The van der Waals surface area contributed by atoms with Crippen LogP contribution in [-0.2, 0) is 0 Å². The number of hydrogen-bond donors (Lipinski definition) is 1. The lowest BCUT2D eigenvalue weighted by atomic mass is 10.0. The van der Waals surface area contributed by atoms with Gasteiger partial charge in [0.05, 0.1) is 26.8 Å². The Morgan fingerprint density at radius 1 is 1.38 bits per heavy atom. The first-order valence-electron chi connectivity index (χ1n) is 7.03. The number of benzene rings is 1. The van der Waals surface area contributed by atoms with Crippen molar-refractivity contribution in [2.45, 2.75) is 32.4 Å². The molecule has 6 heteroatoms. The third-order valence-corrected chi connectivity index (χ3v) is 4.64. The molecule has 1 aromatic carbocycles. The topological polar surface area (TPSA) is 60.1 Å². The Balaban J connectivity index is 2.42. The lowest BCUT2D eigenvalue weighted by molar-refractivity contribution is 0.266. The molecule has 0 bridgehead atoms. The van der Waals surface area contributed by atoms with Crippen LogP contribution < -0.4 is 15.2 Å². The molecular weight excluding hydrogens is 334 g/mol. The van der Waals surface area contributed by atoms with E-state index in [4.69, 9.17) is 15.2 Å². The summed E-state index contributed by atoms with van der Waals surface area (Å²) in [5, 5.41) is 0. The molecule has 0 saturated heterocycles. The van der Waals surface area contributed by atoms with Crippen molar-refractivity contribution in [1.82, 2.24) is 4.90 Å². The van der Waals surface area contributed by atoms with Crippen LogP contribution in [-0.4, -0.2) is 37.7 Å². The van der Waals surface area contributed by atoms with Crippen molar-refractivity contribution in [3.05, 3.63) is 22.2 Å². The molecule has 2 N–H and O–H groups in total. The lowest BCUT2D eigenvalue weighted by Crippen LogP contribution is -2.42. The fraction of sp³-hybridized carbons (Fsp3) is 0.533. The van der Waals surface area contributed by atoms with Crippen LogP contribution in [0, 0.1) is 0 Å². The number of ether oxygens (including phenoxy) is 2. The fourth-order valence-corrected chi connectivity index (χ4v) is 3.20. The zero-order valence-electron chi connectivity index (χ0n) is 12.9. The quantitative estimate of drug-likeness (QED) is 0.881. The second-order valence-electron chi connectivity index (χ2n) is 5.11. The van der Waals surface area contributed by atoms with Gasteiger partial charge in [-0.15, -0.1) is 0 Å². The van der Waals surface area contributed by atoms with Crippen molar-refractivity contribution < 1.29 is 9.47 Å². The summed E-state index contributed by atoms with van der Waals surface area (Å²) in [5.41, 5.74) is 7.17. The summed E-state index contributed by atoms with van der Waals surface area (Å²) in [4.78, 5) is 6.58. The summed E-state index contributed by atoms with van der Waals surface area (Å²) >= 11 is 3.63. The van der Waals surface area contributed by atoms with E-state index in [-0.39, 0.29) is 6.04 Å². The lowest BCUT2D eigenvalue weighted by Gasteiger charge is -2.32. The first-order chi connectivity index (χ1) is 10.0. The predicted octanol–water partition coefficient (Wildman–Crippen LogP) is 2.94. The highest BCUT2D eigenvalue weighted by Crippen LogP contribution is 2.39. The molecule has 2 rings (SSSR count). The number of rotatable bonds is 5. The highest BCUT2D eigenvalue weighted by Gasteiger charge is 2.32. The molecule has 1 heterocycles. The van der Waals surface area contributed by atoms with E-state index in [0.717, 1.165) is 16.5 Å². The van der Waals surface area contributed by atoms with Gasteiger partial charge in [-0.05, 0) is 31.0 Å². The van der Waals surface area contributed by atoms with Crippen LogP contribution in [0.1, 0.15) is 31.9 Å². The van der Waals surface area contributed by atoms with E-state index in [1.165, 1.54) is 0 Å². The van der Waals surface area contributed by atoms with Crippen molar-refractivity contribution >= 4 is 21.9 Å². The van der Waals surface area contributed by atoms with Gasteiger partial charge in [-0.25, -0.2) is 0 Å². The van der Waals surface area contributed by atoms with Crippen LogP contribution in [0.2, 0.25) is 0 Å². The summed E-state index contributed by atoms with van der Waals surface area (Å²) < 4.78 is 11.7. The minimum absolute atomic E-state index is 0.120. The molecule has 0 spiro atoms. The number of nitrogens with zero attached hydrogens (tertiary/aromatic N) is 2. The van der Waals surface area contributed by atoms with Gasteiger partial charge in [0.2, 0.25) is 0 Å². The number of nitrogens with two attached hydrogens (primary N) is 1. The summed E-state index contributed by atoms with van der Waals surface area (Å²) in [6.45, 7) is 4.97. The maximum atomic E-state index is 6.06. The number of methoxy groups -OCH3 is 2. The molecule has 0 aliphatic carbocycles. The Labute approximate surface area is 134 Å². The second-order valence-corrected chi connectivity index (χ2v) is 5.96. The average Bonchev–Trinajstić information content (AvgIpc) is 2.87. The van der Waals surface area contributed by atoms with Crippen LogP contribution in [0.4, 0.5) is 0 Å². The van der Waals surface area contributed by atoms with Gasteiger partial charge in [0, 0.05) is 10.5 Å². The Bertz CT molecular complexity index is 548. The van der Waals surface area contributed by atoms with Crippen molar-refractivity contribution in [2.24, 2.45) is 10.7 Å². The molecule has 116 valence electrons. The van der Waals surface area contributed by atoms with E-state index in [1.54, 1.807) is 14.2 Å². The smallest absolute Gasteiger partial charge is 0.192 e. The molecule has 21 heavy (non-hydrogen) atoms. The molecule has 0 fully saturated rings. The second kappa shape index (κ2) is 6.56. The average molecular weight is 356 g/mol. The summed E-state index contributed by atoms with van der Waals surface area (Å²) in [6.07, 6.45) is 1.01. The predicted molar refractivity (Wildman–Crippen MR) is 88.1 cm³/mol. The van der Waals surface area contributed by atoms with Crippen molar-refractivity contribution in [2.75, 3.05) is 20.8 Å². The molecule has 1 aliphatic rings. The van der Waals surface area contributed by atoms with Gasteiger partial charge in [0.25, 0.3) is 0 Å². The highest BCUT2D eigenvalue weighted by atomic mass is 79.9. The zero-order chi connectivity index (χ0) is 15.6. The number of hydrogen-bond acceptors (Lipinski definition) is 5. The molecular formula is C15H22BrN3O2. The van der Waals surface area contributed by atoms with Gasteiger partial charge < -0.3 is 20.1 Å².